The van der Waals surface area contributed by atoms with Crippen LogP contribution in [-0.2, 0) is 13.1 Å². The second-order valence-electron chi connectivity index (χ2n) is 8.02. The molecule has 2 aromatic carbocycles. The van der Waals surface area contributed by atoms with E-state index in [1.807, 2.05) is 24.3 Å². The molecule has 1 aromatic heterocycles. The van der Waals surface area contributed by atoms with Gasteiger partial charge in [0.2, 0.25) is 0 Å². The molecule has 6 nitrogen and oxygen atoms in total. The zero-order valence-electron chi connectivity index (χ0n) is 17.3. The van der Waals surface area contributed by atoms with Gasteiger partial charge in [-0.25, -0.2) is 0 Å². The number of likely N-dealkylation sites (tertiary alicyclic amines) is 1. The van der Waals surface area contributed by atoms with Gasteiger partial charge in [-0.05, 0) is 61.3 Å². The Hall–Kier alpha value is -2.06. The van der Waals surface area contributed by atoms with Crippen LogP contribution in [0.2, 0.25) is 0 Å². The normalized spacial score (nSPS) is 16.4. The molecule has 0 spiro atoms. The fourth-order valence-corrected chi connectivity index (χ4v) is 4.41. The van der Waals surface area contributed by atoms with Crippen molar-refractivity contribution in [2.75, 3.05) is 26.2 Å². The van der Waals surface area contributed by atoms with Gasteiger partial charge in [0.1, 0.15) is 29.5 Å². The Kier molecular flexibility index (Phi) is 7.64. The second kappa shape index (κ2) is 10.8. The number of aliphatic hydroxyl groups excluding tert-OH is 1. The summed E-state index contributed by atoms with van der Waals surface area (Å²) in [4.78, 5) is 2.36. The predicted octanol–water partition coefficient (Wildman–Crippen LogP) is 3.60. The lowest BCUT2D eigenvalue weighted by Gasteiger charge is -2.23. The molecule has 0 bridgehead atoms. The first-order chi connectivity index (χ1) is 14.8. The molecule has 1 aliphatic heterocycles. The van der Waals surface area contributed by atoms with E-state index < -0.39 is 6.10 Å². The van der Waals surface area contributed by atoms with Crippen LogP contribution in [0.1, 0.15) is 36.8 Å². The van der Waals surface area contributed by atoms with Crippen LogP contribution in [0, 0.1) is 0 Å². The number of aliphatic hydroxyl groups is 1. The number of rotatable bonds is 9. The summed E-state index contributed by atoms with van der Waals surface area (Å²) in [6.45, 7) is 4.72. The lowest BCUT2D eigenvalue weighted by atomic mass is 10.2. The Labute approximate surface area is 182 Å². The van der Waals surface area contributed by atoms with Crippen LogP contribution in [-0.4, -0.2) is 51.1 Å². The SMILES string of the molecule is O[C@@H](COc1cccc(CNCc2ccc3nsnc3c2)c1)CN1CCCCCC1. The number of nitrogens with zero attached hydrogens (tertiary/aromatic N) is 3. The summed E-state index contributed by atoms with van der Waals surface area (Å²) >= 11 is 1.25. The van der Waals surface area contributed by atoms with E-state index in [-0.39, 0.29) is 0 Å². The first kappa shape index (κ1) is 21.2. The van der Waals surface area contributed by atoms with Crippen molar-refractivity contribution in [1.29, 1.82) is 0 Å². The number of β-amino-alcohol motifs (C(OH)–C–C–N with tert-alkyl or cyclic N) is 1. The van der Waals surface area contributed by atoms with Crippen LogP contribution in [0.3, 0.4) is 0 Å². The number of aromatic nitrogens is 2. The van der Waals surface area contributed by atoms with Gasteiger partial charge < -0.3 is 20.1 Å². The molecule has 0 amide bonds. The zero-order chi connectivity index (χ0) is 20.6. The number of nitrogens with one attached hydrogen (secondary N) is 1. The van der Waals surface area contributed by atoms with Gasteiger partial charge >= 0.3 is 0 Å². The summed E-state index contributed by atoms with van der Waals surface area (Å²) in [7, 11) is 0. The van der Waals surface area contributed by atoms with Crippen LogP contribution in [0.4, 0.5) is 0 Å². The molecule has 0 aliphatic carbocycles. The minimum atomic E-state index is -0.458. The third-order valence-corrected chi connectivity index (χ3v) is 6.04. The third-order valence-electron chi connectivity index (χ3n) is 5.48. The first-order valence-electron chi connectivity index (χ1n) is 10.8. The zero-order valence-corrected chi connectivity index (χ0v) is 18.1. The van der Waals surface area contributed by atoms with Gasteiger partial charge in [-0.15, -0.1) is 0 Å². The van der Waals surface area contributed by atoms with Gasteiger partial charge in [0, 0.05) is 19.6 Å². The molecular formula is C23H30N4O2S. The van der Waals surface area contributed by atoms with Gasteiger partial charge in [0.15, 0.2) is 0 Å². The summed E-state index contributed by atoms with van der Waals surface area (Å²) in [5, 5.41) is 13.8. The average molecular weight is 427 g/mol. The Morgan fingerprint density at radius 3 is 2.57 bits per heavy atom. The molecule has 4 rings (SSSR count). The maximum atomic E-state index is 10.4. The van der Waals surface area contributed by atoms with Crippen molar-refractivity contribution in [2.45, 2.75) is 44.9 Å². The van der Waals surface area contributed by atoms with Crippen LogP contribution in [0.15, 0.2) is 42.5 Å². The van der Waals surface area contributed by atoms with Crippen LogP contribution in [0.5, 0.6) is 5.75 Å². The van der Waals surface area contributed by atoms with Crippen LogP contribution in [0.25, 0.3) is 11.0 Å². The van der Waals surface area contributed by atoms with E-state index in [1.54, 1.807) is 0 Å². The molecule has 1 aliphatic rings. The molecule has 1 saturated heterocycles. The number of fused-ring (bicyclic) bond motifs is 1. The van der Waals surface area contributed by atoms with E-state index in [0.29, 0.717) is 13.2 Å². The summed E-state index contributed by atoms with van der Waals surface area (Å²) in [5.74, 6) is 0.805. The third kappa shape index (κ3) is 6.22. The largest absolute Gasteiger partial charge is 0.491 e. The van der Waals surface area contributed by atoms with E-state index in [0.717, 1.165) is 48.5 Å². The minimum Gasteiger partial charge on any atom is -0.491 e. The highest BCUT2D eigenvalue weighted by atomic mass is 32.1. The van der Waals surface area contributed by atoms with E-state index in [1.165, 1.54) is 43.0 Å². The molecule has 3 aromatic rings. The maximum Gasteiger partial charge on any atom is 0.119 e. The maximum absolute atomic E-state index is 10.4. The average Bonchev–Trinajstić information content (AvgIpc) is 3.08. The highest BCUT2D eigenvalue weighted by molar-refractivity contribution is 7.00. The standard InChI is InChI=1S/C23H30N4O2S/c28-20(16-27-10-3-1-2-4-11-27)17-29-21-7-5-6-18(12-21)14-24-15-19-8-9-22-23(13-19)26-30-25-22/h5-9,12-13,20,24,28H,1-4,10-11,14-17H2/t20-/m1/s1. The monoisotopic (exact) mass is 426 g/mol. The smallest absolute Gasteiger partial charge is 0.119 e. The van der Waals surface area contributed by atoms with Crippen molar-refractivity contribution >= 4 is 22.8 Å². The topological polar surface area (TPSA) is 70.5 Å². The molecule has 160 valence electrons. The molecule has 2 N–H and O–H groups in total. The van der Waals surface area contributed by atoms with Gasteiger partial charge in [-0.1, -0.05) is 31.0 Å². The fraction of sp³-hybridized carbons (Fsp3) is 0.478. The van der Waals surface area contributed by atoms with E-state index in [4.69, 9.17) is 4.74 Å². The highest BCUT2D eigenvalue weighted by Crippen LogP contribution is 2.16. The van der Waals surface area contributed by atoms with E-state index in [2.05, 4.69) is 37.2 Å². The number of hydrogen-bond acceptors (Lipinski definition) is 7. The number of hydrogen-bond donors (Lipinski definition) is 2. The van der Waals surface area contributed by atoms with Crippen molar-refractivity contribution in [3.05, 3.63) is 53.6 Å². The molecular weight excluding hydrogens is 396 g/mol. The van der Waals surface area contributed by atoms with Crippen molar-refractivity contribution in [3.8, 4) is 5.75 Å². The summed E-state index contributed by atoms with van der Waals surface area (Å²) in [5.41, 5.74) is 4.25. The molecule has 1 atom stereocenters. The quantitative estimate of drug-likeness (QED) is 0.545. The van der Waals surface area contributed by atoms with Crippen molar-refractivity contribution in [2.24, 2.45) is 0 Å². The van der Waals surface area contributed by atoms with Crippen molar-refractivity contribution in [1.82, 2.24) is 19.0 Å². The number of ether oxygens (including phenoxy) is 1. The van der Waals surface area contributed by atoms with Gasteiger partial charge in [0.05, 0.1) is 11.7 Å². The minimum absolute atomic E-state index is 0.328. The Morgan fingerprint density at radius 2 is 1.73 bits per heavy atom. The lowest BCUT2D eigenvalue weighted by Crippen LogP contribution is -2.36. The van der Waals surface area contributed by atoms with Crippen LogP contribution >= 0.6 is 11.7 Å². The molecule has 0 radical (unpaired) electrons. The summed E-state index contributed by atoms with van der Waals surface area (Å²) in [6, 6.07) is 14.3. The van der Waals surface area contributed by atoms with Crippen molar-refractivity contribution < 1.29 is 9.84 Å². The number of benzene rings is 2. The molecule has 0 unspecified atom stereocenters. The Balaban J connectivity index is 1.22. The molecule has 7 heteroatoms. The van der Waals surface area contributed by atoms with E-state index in [9.17, 15) is 5.11 Å². The molecule has 2 heterocycles. The fourth-order valence-electron chi connectivity index (χ4n) is 3.90. The van der Waals surface area contributed by atoms with E-state index >= 15 is 0 Å². The Morgan fingerprint density at radius 1 is 0.967 bits per heavy atom. The molecule has 1 fully saturated rings. The summed E-state index contributed by atoms with van der Waals surface area (Å²) in [6.07, 6.45) is 4.62. The van der Waals surface area contributed by atoms with Gasteiger partial charge in [-0.3, -0.25) is 0 Å². The van der Waals surface area contributed by atoms with Crippen molar-refractivity contribution in [3.63, 3.8) is 0 Å². The molecule has 0 saturated carbocycles. The van der Waals surface area contributed by atoms with Crippen LogP contribution < -0.4 is 10.1 Å². The first-order valence-corrected chi connectivity index (χ1v) is 11.5. The molecule has 30 heavy (non-hydrogen) atoms. The summed E-state index contributed by atoms with van der Waals surface area (Å²) < 4.78 is 14.4. The highest BCUT2D eigenvalue weighted by Gasteiger charge is 2.14. The lowest BCUT2D eigenvalue weighted by molar-refractivity contribution is 0.0693. The predicted molar refractivity (Wildman–Crippen MR) is 121 cm³/mol. The second-order valence-corrected chi connectivity index (χ2v) is 8.55. The Bertz CT molecular complexity index is 924. The van der Waals surface area contributed by atoms with Gasteiger partial charge in [0.25, 0.3) is 0 Å². The van der Waals surface area contributed by atoms with Gasteiger partial charge in [-0.2, -0.15) is 8.75 Å².